The fourth-order valence-corrected chi connectivity index (χ4v) is 1.88. The first kappa shape index (κ1) is 12.1. The Morgan fingerprint density at radius 3 is 2.13 bits per heavy atom. The van der Waals surface area contributed by atoms with Crippen LogP contribution in [-0.2, 0) is 0 Å². The van der Waals surface area contributed by atoms with Gasteiger partial charge in [-0.1, -0.05) is 13.8 Å². The number of hydrogen-bond donors (Lipinski definition) is 1. The minimum atomic E-state index is -0.511. The van der Waals surface area contributed by atoms with Crippen LogP contribution in [0.1, 0.15) is 31.7 Å². The van der Waals surface area contributed by atoms with Gasteiger partial charge >= 0.3 is 0 Å². The Balaban J connectivity index is 2.94. The van der Waals surface area contributed by atoms with Gasteiger partial charge in [-0.25, -0.2) is 8.78 Å². The molecule has 0 aliphatic rings. The first-order chi connectivity index (χ1) is 7.08. The molecule has 0 amide bonds. The fourth-order valence-electron chi connectivity index (χ4n) is 1.88. The highest BCUT2D eigenvalue weighted by molar-refractivity contribution is 5.22. The van der Waals surface area contributed by atoms with Crippen molar-refractivity contribution in [2.45, 2.75) is 32.2 Å². The van der Waals surface area contributed by atoms with Crippen molar-refractivity contribution in [1.82, 2.24) is 5.32 Å². The quantitative estimate of drug-likeness (QED) is 0.810. The molecule has 0 saturated heterocycles. The molecule has 1 aromatic rings. The molecule has 0 saturated carbocycles. The van der Waals surface area contributed by atoms with Gasteiger partial charge in [0.15, 0.2) is 0 Å². The van der Waals surface area contributed by atoms with Crippen molar-refractivity contribution in [3.8, 4) is 0 Å². The second kappa shape index (κ2) is 5.21. The summed E-state index contributed by atoms with van der Waals surface area (Å²) < 4.78 is 26.0. The summed E-state index contributed by atoms with van der Waals surface area (Å²) in [5.74, 6) is -0.921. The van der Waals surface area contributed by atoms with Crippen molar-refractivity contribution in [2.75, 3.05) is 7.05 Å². The smallest absolute Gasteiger partial charge is 0.126 e. The van der Waals surface area contributed by atoms with Gasteiger partial charge in [0.05, 0.1) is 0 Å². The van der Waals surface area contributed by atoms with Gasteiger partial charge < -0.3 is 5.32 Å². The van der Waals surface area contributed by atoms with Crippen LogP contribution in [0.5, 0.6) is 0 Å². The zero-order valence-electron chi connectivity index (χ0n) is 9.35. The first-order valence-corrected chi connectivity index (χ1v) is 5.21. The van der Waals surface area contributed by atoms with E-state index in [2.05, 4.69) is 5.32 Å². The zero-order chi connectivity index (χ0) is 11.4. The SMILES string of the molecule is CCC(NC)C(C)c1cc(F)cc(F)c1. The van der Waals surface area contributed by atoms with Crippen LogP contribution in [-0.4, -0.2) is 13.1 Å². The predicted octanol–water partition coefficient (Wildman–Crippen LogP) is 3.07. The molecule has 1 N–H and O–H groups in total. The number of nitrogens with one attached hydrogen (secondary N) is 1. The van der Waals surface area contributed by atoms with Crippen LogP contribution >= 0.6 is 0 Å². The van der Waals surface area contributed by atoms with Crippen LogP contribution < -0.4 is 5.32 Å². The molecule has 2 atom stereocenters. The minimum Gasteiger partial charge on any atom is -0.316 e. The van der Waals surface area contributed by atoms with Crippen LogP contribution in [0.25, 0.3) is 0 Å². The summed E-state index contributed by atoms with van der Waals surface area (Å²) in [4.78, 5) is 0. The molecule has 0 aliphatic carbocycles. The van der Waals surface area contributed by atoms with Gasteiger partial charge in [-0.3, -0.25) is 0 Å². The van der Waals surface area contributed by atoms with E-state index in [1.54, 1.807) is 0 Å². The maximum atomic E-state index is 13.0. The maximum absolute atomic E-state index is 13.0. The Morgan fingerprint density at radius 1 is 1.20 bits per heavy atom. The van der Waals surface area contributed by atoms with Gasteiger partial charge in [0, 0.05) is 12.1 Å². The Hall–Kier alpha value is -0.960. The van der Waals surface area contributed by atoms with E-state index in [4.69, 9.17) is 0 Å². The van der Waals surface area contributed by atoms with Crippen molar-refractivity contribution in [1.29, 1.82) is 0 Å². The molecule has 1 rings (SSSR count). The molecule has 0 spiro atoms. The molecule has 3 heteroatoms. The van der Waals surface area contributed by atoms with Crippen LogP contribution in [0.15, 0.2) is 18.2 Å². The van der Waals surface area contributed by atoms with Crippen molar-refractivity contribution in [3.63, 3.8) is 0 Å². The standard InChI is InChI=1S/C12H17F2N/c1-4-12(15-3)8(2)9-5-10(13)7-11(14)6-9/h5-8,12,15H,4H2,1-3H3. The maximum Gasteiger partial charge on any atom is 0.126 e. The summed E-state index contributed by atoms with van der Waals surface area (Å²) in [6, 6.07) is 3.93. The largest absolute Gasteiger partial charge is 0.316 e. The minimum absolute atomic E-state index is 0.102. The Kier molecular flexibility index (Phi) is 4.21. The third-order valence-electron chi connectivity index (χ3n) is 2.82. The van der Waals surface area contributed by atoms with Gasteiger partial charge in [0.1, 0.15) is 11.6 Å². The van der Waals surface area contributed by atoms with E-state index in [1.165, 1.54) is 12.1 Å². The summed E-state index contributed by atoms with van der Waals surface area (Å²) in [6.45, 7) is 4.02. The molecule has 1 nitrogen and oxygen atoms in total. The molecule has 0 aliphatic heterocycles. The van der Waals surface area contributed by atoms with E-state index in [0.717, 1.165) is 12.5 Å². The van der Waals surface area contributed by atoms with Crippen LogP contribution in [0.4, 0.5) is 8.78 Å². The monoisotopic (exact) mass is 213 g/mol. The van der Waals surface area contributed by atoms with Crippen LogP contribution in [0.2, 0.25) is 0 Å². The number of rotatable bonds is 4. The molecular weight excluding hydrogens is 196 g/mol. The lowest BCUT2D eigenvalue weighted by atomic mass is 9.91. The lowest BCUT2D eigenvalue weighted by molar-refractivity contribution is 0.467. The Morgan fingerprint density at radius 2 is 1.73 bits per heavy atom. The highest BCUT2D eigenvalue weighted by Crippen LogP contribution is 2.22. The van der Waals surface area contributed by atoms with Gasteiger partial charge in [-0.2, -0.15) is 0 Å². The van der Waals surface area contributed by atoms with Crippen molar-refractivity contribution in [2.24, 2.45) is 0 Å². The average molecular weight is 213 g/mol. The van der Waals surface area contributed by atoms with Crippen LogP contribution in [0, 0.1) is 11.6 Å². The second-order valence-electron chi connectivity index (χ2n) is 3.79. The van der Waals surface area contributed by atoms with E-state index in [1.807, 2.05) is 20.9 Å². The van der Waals surface area contributed by atoms with E-state index < -0.39 is 11.6 Å². The summed E-state index contributed by atoms with van der Waals surface area (Å²) in [5.41, 5.74) is 0.703. The highest BCUT2D eigenvalue weighted by Gasteiger charge is 2.16. The second-order valence-corrected chi connectivity index (χ2v) is 3.79. The lowest BCUT2D eigenvalue weighted by Gasteiger charge is -2.22. The third-order valence-corrected chi connectivity index (χ3v) is 2.82. The summed E-state index contributed by atoms with van der Waals surface area (Å²) >= 11 is 0. The number of hydrogen-bond acceptors (Lipinski definition) is 1. The Bertz CT molecular complexity index is 301. The third kappa shape index (κ3) is 2.99. The average Bonchev–Trinajstić information content (AvgIpc) is 2.18. The molecule has 0 bridgehead atoms. The molecule has 0 radical (unpaired) electrons. The molecule has 2 unspecified atom stereocenters. The Labute approximate surface area is 89.5 Å². The molecule has 0 heterocycles. The predicted molar refractivity (Wildman–Crippen MR) is 57.9 cm³/mol. The van der Waals surface area contributed by atoms with Crippen molar-refractivity contribution >= 4 is 0 Å². The van der Waals surface area contributed by atoms with Crippen LogP contribution in [0.3, 0.4) is 0 Å². The van der Waals surface area contributed by atoms with Gasteiger partial charge in [0.2, 0.25) is 0 Å². The topological polar surface area (TPSA) is 12.0 Å². The van der Waals surface area contributed by atoms with Crippen molar-refractivity contribution < 1.29 is 8.78 Å². The first-order valence-electron chi connectivity index (χ1n) is 5.21. The molecule has 15 heavy (non-hydrogen) atoms. The molecule has 0 fully saturated rings. The van der Waals surface area contributed by atoms with E-state index in [0.29, 0.717) is 5.56 Å². The molecule has 84 valence electrons. The van der Waals surface area contributed by atoms with Crippen molar-refractivity contribution in [3.05, 3.63) is 35.4 Å². The van der Waals surface area contributed by atoms with E-state index in [9.17, 15) is 8.78 Å². The fraction of sp³-hybridized carbons (Fsp3) is 0.500. The van der Waals surface area contributed by atoms with E-state index in [-0.39, 0.29) is 12.0 Å². The van der Waals surface area contributed by atoms with Gasteiger partial charge in [-0.15, -0.1) is 0 Å². The lowest BCUT2D eigenvalue weighted by Crippen LogP contribution is -2.29. The summed E-state index contributed by atoms with van der Waals surface area (Å²) in [5, 5.41) is 3.14. The highest BCUT2D eigenvalue weighted by atomic mass is 19.1. The molecule has 1 aromatic carbocycles. The van der Waals surface area contributed by atoms with Gasteiger partial charge in [-0.05, 0) is 37.1 Å². The molecule has 0 aromatic heterocycles. The summed E-state index contributed by atoms with van der Waals surface area (Å²) in [7, 11) is 1.86. The number of benzene rings is 1. The van der Waals surface area contributed by atoms with Gasteiger partial charge in [0.25, 0.3) is 0 Å². The number of halogens is 2. The zero-order valence-corrected chi connectivity index (χ0v) is 9.35. The van der Waals surface area contributed by atoms with E-state index >= 15 is 0 Å². The number of likely N-dealkylation sites (N-methyl/N-ethyl adjacent to an activating group) is 1. The normalized spacial score (nSPS) is 15.0. The molecular formula is C12H17F2N. The summed E-state index contributed by atoms with van der Waals surface area (Å²) in [6.07, 6.45) is 0.926.